The van der Waals surface area contributed by atoms with Gasteiger partial charge in [-0.15, -0.1) is 11.8 Å². The lowest BCUT2D eigenvalue weighted by molar-refractivity contribution is -0.121. The quantitative estimate of drug-likeness (QED) is 0.620. The van der Waals surface area contributed by atoms with Crippen molar-refractivity contribution >= 4 is 29.0 Å². The SMILES string of the molecule is CCCSc1ccc(N)c(NC(=O)C2CCC(C)CC2)c1. The smallest absolute Gasteiger partial charge is 0.227 e. The molecule has 0 aromatic heterocycles. The highest BCUT2D eigenvalue weighted by atomic mass is 32.2. The number of nitrogen functional groups attached to an aromatic ring is 1. The van der Waals surface area contributed by atoms with Crippen molar-refractivity contribution in [1.82, 2.24) is 0 Å². The highest BCUT2D eigenvalue weighted by Gasteiger charge is 2.24. The highest BCUT2D eigenvalue weighted by Crippen LogP contribution is 2.31. The van der Waals surface area contributed by atoms with Gasteiger partial charge in [0.25, 0.3) is 0 Å². The lowest BCUT2D eigenvalue weighted by Gasteiger charge is -2.25. The summed E-state index contributed by atoms with van der Waals surface area (Å²) in [7, 11) is 0. The number of carbonyl (C=O) groups is 1. The summed E-state index contributed by atoms with van der Waals surface area (Å²) in [6.45, 7) is 4.43. The number of benzene rings is 1. The van der Waals surface area contributed by atoms with Gasteiger partial charge in [-0.3, -0.25) is 4.79 Å². The molecule has 4 heteroatoms. The van der Waals surface area contributed by atoms with Crippen molar-refractivity contribution in [2.24, 2.45) is 11.8 Å². The predicted octanol–water partition coefficient (Wildman–Crippen LogP) is 4.54. The Morgan fingerprint density at radius 2 is 2.05 bits per heavy atom. The summed E-state index contributed by atoms with van der Waals surface area (Å²) in [5, 5.41) is 3.03. The van der Waals surface area contributed by atoms with Crippen LogP contribution in [0, 0.1) is 11.8 Å². The van der Waals surface area contributed by atoms with E-state index in [0.717, 1.165) is 49.5 Å². The molecule has 0 unspecified atom stereocenters. The van der Waals surface area contributed by atoms with Crippen LogP contribution >= 0.6 is 11.8 Å². The molecule has 0 aliphatic heterocycles. The van der Waals surface area contributed by atoms with Crippen LogP contribution in [-0.4, -0.2) is 11.7 Å². The van der Waals surface area contributed by atoms with E-state index in [0.29, 0.717) is 5.69 Å². The van der Waals surface area contributed by atoms with Crippen molar-refractivity contribution in [3.05, 3.63) is 18.2 Å². The molecule has 1 aliphatic rings. The molecule has 0 heterocycles. The fourth-order valence-electron chi connectivity index (χ4n) is 2.71. The van der Waals surface area contributed by atoms with Crippen LogP contribution in [0.4, 0.5) is 11.4 Å². The number of nitrogens with one attached hydrogen (secondary N) is 1. The van der Waals surface area contributed by atoms with Gasteiger partial charge in [0.05, 0.1) is 11.4 Å². The summed E-state index contributed by atoms with van der Waals surface area (Å²) in [6.07, 6.45) is 5.44. The Morgan fingerprint density at radius 1 is 1.33 bits per heavy atom. The predicted molar refractivity (Wildman–Crippen MR) is 91.6 cm³/mol. The van der Waals surface area contributed by atoms with Gasteiger partial charge in [0.2, 0.25) is 5.91 Å². The molecular weight excluding hydrogens is 280 g/mol. The summed E-state index contributed by atoms with van der Waals surface area (Å²) < 4.78 is 0. The van der Waals surface area contributed by atoms with E-state index < -0.39 is 0 Å². The molecule has 1 aromatic carbocycles. The van der Waals surface area contributed by atoms with Gasteiger partial charge >= 0.3 is 0 Å². The molecule has 0 radical (unpaired) electrons. The first-order valence-electron chi connectivity index (χ1n) is 7.93. The maximum Gasteiger partial charge on any atom is 0.227 e. The van der Waals surface area contributed by atoms with Crippen molar-refractivity contribution in [3.8, 4) is 0 Å². The van der Waals surface area contributed by atoms with Crippen molar-refractivity contribution in [2.75, 3.05) is 16.8 Å². The van der Waals surface area contributed by atoms with Crippen LogP contribution in [0.5, 0.6) is 0 Å². The second-order valence-electron chi connectivity index (χ2n) is 6.04. The van der Waals surface area contributed by atoms with Crippen LogP contribution in [0.1, 0.15) is 46.0 Å². The van der Waals surface area contributed by atoms with E-state index in [1.165, 1.54) is 4.90 Å². The lowest BCUT2D eigenvalue weighted by Crippen LogP contribution is -2.26. The molecule has 1 aliphatic carbocycles. The molecular formula is C17H26N2OS. The Hall–Kier alpha value is -1.16. The molecule has 21 heavy (non-hydrogen) atoms. The number of anilines is 2. The number of hydrogen-bond acceptors (Lipinski definition) is 3. The molecule has 3 nitrogen and oxygen atoms in total. The maximum atomic E-state index is 12.4. The minimum Gasteiger partial charge on any atom is -0.397 e. The normalized spacial score (nSPS) is 22.0. The van der Waals surface area contributed by atoms with E-state index in [1.54, 1.807) is 11.8 Å². The van der Waals surface area contributed by atoms with Crippen molar-refractivity contribution < 1.29 is 4.79 Å². The van der Waals surface area contributed by atoms with Crippen molar-refractivity contribution in [1.29, 1.82) is 0 Å². The first-order chi connectivity index (χ1) is 10.1. The summed E-state index contributed by atoms with van der Waals surface area (Å²) in [6, 6.07) is 5.91. The number of amides is 1. The van der Waals surface area contributed by atoms with E-state index >= 15 is 0 Å². The van der Waals surface area contributed by atoms with Gasteiger partial charge in [-0.25, -0.2) is 0 Å². The minimum absolute atomic E-state index is 0.131. The Balaban J connectivity index is 1.99. The van der Waals surface area contributed by atoms with E-state index in [1.807, 2.05) is 18.2 Å². The zero-order valence-electron chi connectivity index (χ0n) is 13.0. The van der Waals surface area contributed by atoms with E-state index in [9.17, 15) is 4.79 Å². The van der Waals surface area contributed by atoms with Gasteiger partial charge in [0, 0.05) is 10.8 Å². The summed E-state index contributed by atoms with van der Waals surface area (Å²) in [5.41, 5.74) is 7.40. The van der Waals surface area contributed by atoms with E-state index in [-0.39, 0.29) is 11.8 Å². The molecule has 0 spiro atoms. The Labute approximate surface area is 132 Å². The Kier molecular flexibility index (Phi) is 5.97. The van der Waals surface area contributed by atoms with Crippen molar-refractivity contribution in [2.45, 2.75) is 50.8 Å². The van der Waals surface area contributed by atoms with Crippen LogP contribution in [0.15, 0.2) is 23.1 Å². The molecule has 1 aromatic rings. The number of rotatable bonds is 5. The van der Waals surface area contributed by atoms with Crippen LogP contribution < -0.4 is 11.1 Å². The molecule has 3 N–H and O–H groups in total. The van der Waals surface area contributed by atoms with E-state index in [4.69, 9.17) is 5.73 Å². The topological polar surface area (TPSA) is 55.1 Å². The van der Waals surface area contributed by atoms with Crippen molar-refractivity contribution in [3.63, 3.8) is 0 Å². The number of nitrogens with two attached hydrogens (primary N) is 1. The van der Waals surface area contributed by atoms with Gasteiger partial charge < -0.3 is 11.1 Å². The van der Waals surface area contributed by atoms with Gasteiger partial charge in [-0.05, 0) is 62.0 Å². The second-order valence-corrected chi connectivity index (χ2v) is 7.21. The van der Waals surface area contributed by atoms with Crippen LogP contribution in [0.3, 0.4) is 0 Å². The first kappa shape index (κ1) is 16.2. The third-order valence-electron chi connectivity index (χ3n) is 4.14. The maximum absolute atomic E-state index is 12.4. The molecule has 1 amide bonds. The molecule has 116 valence electrons. The lowest BCUT2D eigenvalue weighted by atomic mass is 9.82. The van der Waals surface area contributed by atoms with Crippen LogP contribution in [0.2, 0.25) is 0 Å². The molecule has 0 saturated heterocycles. The van der Waals surface area contributed by atoms with Crippen LogP contribution in [0.25, 0.3) is 0 Å². The van der Waals surface area contributed by atoms with Gasteiger partial charge in [-0.2, -0.15) is 0 Å². The third kappa shape index (κ3) is 4.67. The van der Waals surface area contributed by atoms with Gasteiger partial charge in [0.15, 0.2) is 0 Å². The van der Waals surface area contributed by atoms with Crippen LogP contribution in [-0.2, 0) is 4.79 Å². The molecule has 0 bridgehead atoms. The largest absolute Gasteiger partial charge is 0.397 e. The zero-order chi connectivity index (χ0) is 15.2. The number of thioether (sulfide) groups is 1. The first-order valence-corrected chi connectivity index (χ1v) is 8.92. The fraction of sp³-hybridized carbons (Fsp3) is 0.588. The van der Waals surface area contributed by atoms with Gasteiger partial charge in [0.1, 0.15) is 0 Å². The highest BCUT2D eigenvalue weighted by molar-refractivity contribution is 7.99. The van der Waals surface area contributed by atoms with Gasteiger partial charge in [-0.1, -0.05) is 13.8 Å². The monoisotopic (exact) mass is 306 g/mol. The minimum atomic E-state index is 0.131. The van der Waals surface area contributed by atoms with E-state index in [2.05, 4.69) is 19.2 Å². The third-order valence-corrected chi connectivity index (χ3v) is 5.34. The Bertz CT molecular complexity index is 482. The average Bonchev–Trinajstić information content (AvgIpc) is 2.48. The summed E-state index contributed by atoms with van der Waals surface area (Å²) in [4.78, 5) is 13.5. The second kappa shape index (κ2) is 7.74. The zero-order valence-corrected chi connectivity index (χ0v) is 13.8. The molecule has 1 fully saturated rings. The Morgan fingerprint density at radius 3 is 2.71 bits per heavy atom. The molecule has 2 rings (SSSR count). The fourth-order valence-corrected chi connectivity index (χ4v) is 3.52. The summed E-state index contributed by atoms with van der Waals surface area (Å²) in [5.74, 6) is 2.12. The average molecular weight is 306 g/mol. The standard InChI is InChI=1S/C17H26N2OS/c1-3-10-21-14-8-9-15(18)16(11-14)19-17(20)13-6-4-12(2)5-7-13/h8-9,11-13H,3-7,10,18H2,1-2H3,(H,19,20). The number of carbonyl (C=O) groups excluding carboxylic acids is 1. The summed E-state index contributed by atoms with van der Waals surface area (Å²) >= 11 is 1.80. The number of hydrogen-bond donors (Lipinski definition) is 2. The molecule has 0 atom stereocenters. The molecule has 1 saturated carbocycles.